The van der Waals surface area contributed by atoms with Crippen LogP contribution in [0.3, 0.4) is 0 Å². The smallest absolute Gasteiger partial charge is 0.410 e. The van der Waals surface area contributed by atoms with Gasteiger partial charge in [-0.15, -0.1) is 0 Å². The molecule has 2 fully saturated rings. The van der Waals surface area contributed by atoms with Gasteiger partial charge in [-0.05, 0) is 33.6 Å². The number of methoxy groups -OCH3 is 1. The van der Waals surface area contributed by atoms with Crippen LogP contribution in [0, 0.1) is 10.1 Å². The van der Waals surface area contributed by atoms with E-state index in [1.54, 1.807) is 17.0 Å². The number of carbonyl (C=O) groups is 1. The predicted octanol–water partition coefficient (Wildman–Crippen LogP) is 3.77. The van der Waals surface area contributed by atoms with Crippen molar-refractivity contribution in [2.24, 2.45) is 0 Å². The first-order valence-corrected chi connectivity index (χ1v) is 11.1. The van der Waals surface area contributed by atoms with Crippen molar-refractivity contribution in [1.29, 1.82) is 0 Å². The number of benzene rings is 1. The minimum absolute atomic E-state index is 0.0519. The van der Waals surface area contributed by atoms with E-state index in [9.17, 15) is 14.9 Å². The number of piperazine rings is 1. The zero-order chi connectivity index (χ0) is 23.5. The molecule has 3 rings (SSSR count). The Hall–Kier alpha value is -2.81. The number of nitrogens with zero attached hydrogens (tertiary/aromatic N) is 4. The maximum atomic E-state index is 12.3. The summed E-state index contributed by atoms with van der Waals surface area (Å²) in [7, 11) is 1.45. The normalized spacial score (nSPS) is 18.4. The number of rotatable bonds is 5. The third kappa shape index (κ3) is 5.51. The van der Waals surface area contributed by atoms with Crippen LogP contribution in [0.5, 0.6) is 5.75 Å². The molecule has 2 aliphatic heterocycles. The highest BCUT2D eigenvalue weighted by molar-refractivity contribution is 5.73. The van der Waals surface area contributed by atoms with Crippen molar-refractivity contribution in [1.82, 2.24) is 9.80 Å². The molecule has 0 unspecified atom stereocenters. The summed E-state index contributed by atoms with van der Waals surface area (Å²) in [6.07, 6.45) is 3.39. The molecule has 176 valence electrons. The minimum atomic E-state index is -0.480. The summed E-state index contributed by atoms with van der Waals surface area (Å²) in [5.41, 5.74) is 1.12. The first kappa shape index (κ1) is 23.8. The number of hydrogen-bond donors (Lipinski definition) is 0. The van der Waals surface area contributed by atoms with Gasteiger partial charge in [-0.1, -0.05) is 12.7 Å². The highest BCUT2D eigenvalue weighted by Gasteiger charge is 2.31. The minimum Gasteiger partial charge on any atom is -0.490 e. The Morgan fingerprint density at radius 2 is 1.78 bits per heavy atom. The maximum Gasteiger partial charge on any atom is 0.410 e. The van der Waals surface area contributed by atoms with Gasteiger partial charge in [-0.2, -0.15) is 0 Å². The third-order valence-corrected chi connectivity index (χ3v) is 6.03. The lowest BCUT2D eigenvalue weighted by atomic mass is 10.00. The number of nitro benzene ring substituents is 1. The third-order valence-electron chi connectivity index (χ3n) is 6.03. The van der Waals surface area contributed by atoms with Gasteiger partial charge in [-0.25, -0.2) is 4.79 Å². The molecular weight excluding hydrogens is 412 g/mol. The van der Waals surface area contributed by atoms with Gasteiger partial charge in [-0.3, -0.25) is 15.0 Å². The van der Waals surface area contributed by atoms with Crippen molar-refractivity contribution < 1.29 is 19.2 Å². The molecule has 9 nitrogen and oxygen atoms in total. The second-order valence-corrected chi connectivity index (χ2v) is 9.27. The molecule has 2 aliphatic rings. The number of hydrogen-bond acceptors (Lipinski definition) is 7. The molecule has 0 spiro atoms. The Morgan fingerprint density at radius 1 is 1.16 bits per heavy atom. The van der Waals surface area contributed by atoms with Crippen LogP contribution in [-0.2, 0) is 4.74 Å². The molecule has 0 saturated carbocycles. The van der Waals surface area contributed by atoms with Crippen LogP contribution in [0.1, 0.15) is 39.2 Å². The molecule has 0 bridgehead atoms. The van der Waals surface area contributed by atoms with Crippen LogP contribution < -0.4 is 9.64 Å². The van der Waals surface area contributed by atoms with Crippen molar-refractivity contribution in [2.45, 2.75) is 45.3 Å². The summed E-state index contributed by atoms with van der Waals surface area (Å²) in [5, 5.41) is 11.3. The zero-order valence-corrected chi connectivity index (χ0v) is 19.5. The Morgan fingerprint density at radius 3 is 2.28 bits per heavy atom. The van der Waals surface area contributed by atoms with Crippen LogP contribution in [0.25, 0.3) is 6.08 Å². The summed E-state index contributed by atoms with van der Waals surface area (Å²) >= 11 is 0. The average molecular weight is 447 g/mol. The van der Waals surface area contributed by atoms with Crippen molar-refractivity contribution in [3.05, 3.63) is 34.4 Å². The number of ether oxygens (including phenoxy) is 2. The molecule has 2 heterocycles. The van der Waals surface area contributed by atoms with E-state index in [1.165, 1.54) is 13.2 Å². The Labute approximate surface area is 189 Å². The molecule has 9 heteroatoms. The lowest BCUT2D eigenvalue weighted by molar-refractivity contribution is -0.385. The lowest BCUT2D eigenvalue weighted by Gasteiger charge is -2.43. The van der Waals surface area contributed by atoms with Gasteiger partial charge >= 0.3 is 11.8 Å². The van der Waals surface area contributed by atoms with Crippen molar-refractivity contribution >= 4 is 23.5 Å². The van der Waals surface area contributed by atoms with Crippen LogP contribution in [0.15, 0.2) is 18.7 Å². The topological polar surface area (TPSA) is 88.4 Å². The van der Waals surface area contributed by atoms with E-state index in [-0.39, 0.29) is 17.5 Å². The number of carbonyl (C=O) groups excluding carboxylic acids is 1. The van der Waals surface area contributed by atoms with Gasteiger partial charge in [0.2, 0.25) is 0 Å². The Kier molecular flexibility index (Phi) is 7.28. The van der Waals surface area contributed by atoms with Crippen LogP contribution >= 0.6 is 0 Å². The summed E-state index contributed by atoms with van der Waals surface area (Å²) in [5.74, 6) is 0.260. The molecule has 0 atom stereocenters. The van der Waals surface area contributed by atoms with E-state index < -0.39 is 10.5 Å². The molecule has 0 radical (unpaired) electrons. The predicted molar refractivity (Wildman–Crippen MR) is 124 cm³/mol. The Balaban J connectivity index is 1.59. The quantitative estimate of drug-likeness (QED) is 0.502. The molecular formula is C23H34N4O5. The van der Waals surface area contributed by atoms with Crippen LogP contribution in [0.2, 0.25) is 0 Å². The van der Waals surface area contributed by atoms with Gasteiger partial charge in [0.05, 0.1) is 12.0 Å². The van der Waals surface area contributed by atoms with Gasteiger partial charge < -0.3 is 19.3 Å². The molecule has 1 amide bonds. The van der Waals surface area contributed by atoms with E-state index in [0.717, 1.165) is 50.3 Å². The molecule has 32 heavy (non-hydrogen) atoms. The highest BCUT2D eigenvalue weighted by atomic mass is 16.6. The number of amides is 1. The van der Waals surface area contributed by atoms with Crippen molar-refractivity contribution in [3.63, 3.8) is 0 Å². The molecule has 1 aromatic carbocycles. The van der Waals surface area contributed by atoms with Gasteiger partial charge in [0.1, 0.15) is 5.60 Å². The Bertz CT molecular complexity index is 851. The van der Waals surface area contributed by atoms with E-state index in [2.05, 4.69) is 16.4 Å². The standard InChI is InChI=1S/C23H34N4O5/c1-6-17-15-20(27(29)30)21(31-5)16-19(17)25-9-7-18(8-10-25)24-11-13-26(14-12-24)22(28)32-23(2,3)4/h6,15-16,18H,1,7-14H2,2-5H3. The average Bonchev–Trinajstić information content (AvgIpc) is 2.77. The lowest BCUT2D eigenvalue weighted by Crippen LogP contribution is -2.55. The molecule has 0 aromatic heterocycles. The zero-order valence-electron chi connectivity index (χ0n) is 19.5. The summed E-state index contributed by atoms with van der Waals surface area (Å²) in [6, 6.07) is 3.73. The monoisotopic (exact) mass is 446 g/mol. The summed E-state index contributed by atoms with van der Waals surface area (Å²) in [6.45, 7) is 14.2. The van der Waals surface area contributed by atoms with Gasteiger partial charge in [0, 0.05) is 68.7 Å². The molecule has 2 saturated heterocycles. The fourth-order valence-electron chi connectivity index (χ4n) is 4.39. The van der Waals surface area contributed by atoms with Crippen LogP contribution in [0.4, 0.5) is 16.2 Å². The van der Waals surface area contributed by atoms with E-state index >= 15 is 0 Å². The number of anilines is 1. The molecule has 1 aromatic rings. The molecule has 0 aliphatic carbocycles. The second kappa shape index (κ2) is 9.77. The van der Waals surface area contributed by atoms with E-state index in [1.807, 2.05) is 20.8 Å². The second-order valence-electron chi connectivity index (χ2n) is 9.27. The molecule has 0 N–H and O–H groups in total. The maximum absolute atomic E-state index is 12.3. The van der Waals surface area contributed by atoms with Crippen LogP contribution in [-0.4, -0.2) is 78.8 Å². The highest BCUT2D eigenvalue weighted by Crippen LogP contribution is 2.37. The van der Waals surface area contributed by atoms with E-state index in [0.29, 0.717) is 19.1 Å². The summed E-state index contributed by atoms with van der Waals surface area (Å²) < 4.78 is 10.7. The fraction of sp³-hybridized carbons (Fsp3) is 0.609. The fourth-order valence-corrected chi connectivity index (χ4v) is 4.39. The van der Waals surface area contributed by atoms with Crippen molar-refractivity contribution in [2.75, 3.05) is 51.3 Å². The van der Waals surface area contributed by atoms with Gasteiger partial charge in [0.25, 0.3) is 0 Å². The first-order chi connectivity index (χ1) is 15.1. The largest absolute Gasteiger partial charge is 0.490 e. The summed E-state index contributed by atoms with van der Waals surface area (Å²) in [4.78, 5) is 29.7. The SMILES string of the molecule is C=Cc1cc([N+](=O)[O-])c(OC)cc1N1CCC(N2CCN(C(=O)OC(C)(C)C)CC2)CC1. The van der Waals surface area contributed by atoms with Crippen molar-refractivity contribution in [3.8, 4) is 5.75 Å². The van der Waals surface area contributed by atoms with Gasteiger partial charge in [0.15, 0.2) is 5.75 Å². The number of nitro groups is 1. The first-order valence-electron chi connectivity index (χ1n) is 11.1. The van der Waals surface area contributed by atoms with E-state index in [4.69, 9.17) is 9.47 Å². The number of piperidine rings is 1.